The molecular formula is C38H76. The van der Waals surface area contributed by atoms with Crippen LogP contribution in [0, 0.1) is 48.7 Å². The molecule has 0 amide bonds. The smallest absolute Gasteiger partial charge is 0.0200 e. The first kappa shape index (κ1) is 36.0. The number of rotatable bonds is 0. The van der Waals surface area contributed by atoms with E-state index in [0.717, 1.165) is 0 Å². The summed E-state index contributed by atoms with van der Waals surface area (Å²) in [4.78, 5) is 0. The van der Waals surface area contributed by atoms with E-state index in [4.69, 9.17) is 0 Å². The Morgan fingerprint density at radius 3 is 0.500 bits per heavy atom. The summed E-state index contributed by atoms with van der Waals surface area (Å²) in [5.41, 5.74) is 4.55. The van der Waals surface area contributed by atoms with Gasteiger partial charge < -0.3 is 0 Å². The molecule has 0 aromatic carbocycles. The molecule has 3 aliphatic carbocycles. The van der Waals surface area contributed by atoms with Crippen molar-refractivity contribution in [3.63, 3.8) is 0 Å². The lowest BCUT2D eigenvalue weighted by Crippen LogP contribution is -2.47. The van der Waals surface area contributed by atoms with Gasteiger partial charge in [-0.15, -0.1) is 0 Å². The molecule has 3 aliphatic rings. The van der Waals surface area contributed by atoms with Gasteiger partial charge >= 0.3 is 0 Å². The van der Waals surface area contributed by atoms with Crippen molar-refractivity contribution in [2.75, 3.05) is 0 Å². The minimum atomic E-state index is 0.450. The van der Waals surface area contributed by atoms with Crippen LogP contribution in [0.15, 0.2) is 0 Å². The normalized spacial score (nSPS) is 23.5. The molecule has 0 aromatic heterocycles. The number of hydrogen-bond donors (Lipinski definition) is 0. The van der Waals surface area contributed by atoms with E-state index >= 15 is 0 Å². The maximum Gasteiger partial charge on any atom is -0.0200 e. The van der Waals surface area contributed by atoms with Gasteiger partial charge in [-0.05, 0) is 87.3 Å². The van der Waals surface area contributed by atoms with E-state index in [1.807, 2.05) is 0 Å². The van der Waals surface area contributed by atoms with Gasteiger partial charge in [-0.25, -0.2) is 0 Å². The van der Waals surface area contributed by atoms with E-state index < -0.39 is 0 Å². The first-order chi connectivity index (χ1) is 16.6. The third-order valence-electron chi connectivity index (χ3n) is 12.5. The van der Waals surface area contributed by atoms with Gasteiger partial charge in [0.1, 0.15) is 0 Å². The van der Waals surface area contributed by atoms with Crippen LogP contribution in [0.5, 0.6) is 0 Å². The molecule has 0 unspecified atom stereocenters. The van der Waals surface area contributed by atoms with Crippen LogP contribution in [0.4, 0.5) is 0 Å². The van der Waals surface area contributed by atoms with E-state index in [2.05, 4.69) is 125 Å². The van der Waals surface area contributed by atoms with E-state index in [-0.39, 0.29) is 0 Å². The van der Waals surface area contributed by atoms with Crippen LogP contribution in [0.3, 0.4) is 0 Å². The Morgan fingerprint density at radius 1 is 0.237 bits per heavy atom. The van der Waals surface area contributed by atoms with Crippen molar-refractivity contribution in [3.05, 3.63) is 0 Å². The fourth-order valence-electron chi connectivity index (χ4n) is 10.1. The highest BCUT2D eigenvalue weighted by Crippen LogP contribution is 2.67. The molecule has 0 heterocycles. The fraction of sp³-hybridized carbons (Fsp3) is 1.00. The Labute approximate surface area is 243 Å². The summed E-state index contributed by atoms with van der Waals surface area (Å²) in [6.07, 6.45) is 15.8. The van der Waals surface area contributed by atoms with Crippen molar-refractivity contribution in [1.82, 2.24) is 0 Å². The van der Waals surface area contributed by atoms with Crippen molar-refractivity contribution in [2.45, 2.75) is 195 Å². The molecule has 3 fully saturated rings. The molecule has 0 atom stereocenters. The molecular weight excluding hydrogens is 456 g/mol. The van der Waals surface area contributed by atoms with E-state index in [0.29, 0.717) is 48.7 Å². The lowest BCUT2D eigenvalue weighted by atomic mass is 9.49. The highest BCUT2D eigenvalue weighted by molar-refractivity contribution is 5.08. The van der Waals surface area contributed by atoms with Crippen LogP contribution >= 0.6 is 0 Å². The minimum Gasteiger partial charge on any atom is -0.0596 e. The van der Waals surface area contributed by atoms with Crippen LogP contribution in [0.25, 0.3) is 0 Å². The second kappa shape index (κ2) is 11.3. The zero-order chi connectivity index (χ0) is 30.3. The maximum atomic E-state index is 2.43. The average Bonchev–Trinajstić information content (AvgIpc) is 3.37. The van der Waals surface area contributed by atoms with Crippen molar-refractivity contribution in [2.24, 2.45) is 48.7 Å². The zero-order valence-electron chi connectivity index (χ0n) is 30.3. The summed E-state index contributed by atoms with van der Waals surface area (Å²) < 4.78 is 0. The summed E-state index contributed by atoms with van der Waals surface area (Å²) in [5, 5.41) is 0. The molecule has 0 bridgehead atoms. The molecule has 0 N–H and O–H groups in total. The highest BCUT2D eigenvalue weighted by atomic mass is 14.6. The zero-order valence-corrected chi connectivity index (χ0v) is 30.3. The summed E-state index contributed by atoms with van der Waals surface area (Å²) in [6, 6.07) is 0. The summed E-state index contributed by atoms with van der Waals surface area (Å²) in [6.45, 7) is 43.4. The van der Waals surface area contributed by atoms with E-state index in [9.17, 15) is 0 Å². The van der Waals surface area contributed by atoms with Crippen LogP contribution in [0.2, 0.25) is 0 Å². The Morgan fingerprint density at radius 2 is 0.395 bits per heavy atom. The summed E-state index contributed by atoms with van der Waals surface area (Å²) in [5.74, 6) is 0. The Hall–Kier alpha value is 0. The van der Waals surface area contributed by atoms with Gasteiger partial charge in [0.15, 0.2) is 0 Å². The van der Waals surface area contributed by atoms with Gasteiger partial charge in [0.2, 0.25) is 0 Å². The van der Waals surface area contributed by atoms with Crippen molar-refractivity contribution in [3.8, 4) is 0 Å². The highest BCUT2D eigenvalue weighted by Gasteiger charge is 2.58. The largest absolute Gasteiger partial charge is 0.0596 e. The molecule has 0 spiro atoms. The second-order valence-corrected chi connectivity index (χ2v) is 20.0. The van der Waals surface area contributed by atoms with Crippen LogP contribution in [0.1, 0.15) is 195 Å². The Balaban J connectivity index is 0.000000287. The monoisotopic (exact) mass is 533 g/mol. The molecule has 38 heavy (non-hydrogen) atoms. The first-order valence-electron chi connectivity index (χ1n) is 16.6. The van der Waals surface area contributed by atoms with E-state index in [1.165, 1.54) is 70.6 Å². The fourth-order valence-corrected chi connectivity index (χ4v) is 10.1. The average molecular weight is 533 g/mol. The topological polar surface area (TPSA) is 0 Å². The summed E-state index contributed by atoms with van der Waals surface area (Å²) >= 11 is 0. The predicted octanol–water partition coefficient (Wildman–Crippen LogP) is 13.5. The molecule has 0 heteroatoms. The van der Waals surface area contributed by atoms with E-state index in [1.54, 1.807) is 0 Å². The van der Waals surface area contributed by atoms with Crippen molar-refractivity contribution in [1.29, 1.82) is 0 Å². The summed E-state index contributed by atoms with van der Waals surface area (Å²) in [7, 11) is 0. The molecule has 0 nitrogen and oxygen atoms in total. The van der Waals surface area contributed by atoms with Gasteiger partial charge in [-0.3, -0.25) is 0 Å². The molecule has 3 rings (SSSR count). The third kappa shape index (κ3) is 7.25. The van der Waals surface area contributed by atoms with Crippen LogP contribution < -0.4 is 0 Å². The standard InChI is InChI=1S/C14H28.C13H26.C11H22/c1-12(2,3)14(13(4,5)6)10-8-7-9-11-14;1-11(2,3)13(12(4,5)6)9-7-8-10-13;1-9(2,3)11(7-8-11)10(4,5)6/h7-11H2,1-6H3;7-10H2,1-6H3;7-8H2,1-6H3. The van der Waals surface area contributed by atoms with Gasteiger partial charge in [0, 0.05) is 0 Å². The predicted molar refractivity (Wildman–Crippen MR) is 175 cm³/mol. The Bertz CT molecular complexity index is 656. The SMILES string of the molecule is CC(C)(C)C1(C(C)(C)C)CC1.CC(C)(C)C1(C(C)(C)C)CCCC1.CC(C)(C)C1(C(C)(C)C)CCCCC1. The van der Waals surface area contributed by atoms with Gasteiger partial charge in [0.25, 0.3) is 0 Å². The molecule has 0 aromatic rings. The minimum absolute atomic E-state index is 0.450. The molecule has 0 aliphatic heterocycles. The van der Waals surface area contributed by atoms with Gasteiger partial charge in [-0.2, -0.15) is 0 Å². The van der Waals surface area contributed by atoms with Gasteiger partial charge in [0.05, 0.1) is 0 Å². The molecule has 3 saturated carbocycles. The quantitative estimate of drug-likeness (QED) is 0.291. The maximum absolute atomic E-state index is 2.43. The van der Waals surface area contributed by atoms with Crippen molar-refractivity contribution >= 4 is 0 Å². The number of hydrogen-bond acceptors (Lipinski definition) is 0. The molecule has 0 radical (unpaired) electrons. The lowest BCUT2D eigenvalue weighted by Gasteiger charge is -2.56. The lowest BCUT2D eigenvalue weighted by molar-refractivity contribution is -0.0638. The van der Waals surface area contributed by atoms with Crippen molar-refractivity contribution < 1.29 is 0 Å². The van der Waals surface area contributed by atoms with Gasteiger partial charge in [-0.1, -0.05) is 157 Å². The third-order valence-corrected chi connectivity index (χ3v) is 12.5. The van der Waals surface area contributed by atoms with Crippen LogP contribution in [-0.2, 0) is 0 Å². The Kier molecular flexibility index (Phi) is 10.8. The molecule has 0 saturated heterocycles. The second-order valence-electron chi connectivity index (χ2n) is 20.0. The first-order valence-corrected chi connectivity index (χ1v) is 16.6. The molecule has 228 valence electrons. The van der Waals surface area contributed by atoms with Crippen LogP contribution in [-0.4, -0.2) is 0 Å².